The van der Waals surface area contributed by atoms with Crippen LogP contribution in [0, 0.1) is 23.2 Å². The van der Waals surface area contributed by atoms with Crippen LogP contribution in [0.1, 0.15) is 94.7 Å². The van der Waals surface area contributed by atoms with Gasteiger partial charge in [0.25, 0.3) is 5.56 Å². The van der Waals surface area contributed by atoms with Gasteiger partial charge in [-0.25, -0.2) is 19.5 Å². The zero-order chi connectivity index (χ0) is 48.4. The Hall–Kier alpha value is -2.51. The SMILES string of the molecule is CC(C)C(=O)Nc1nc2c(ncn2[C@@H]2O[C@@H]3CO[P@@](=O)(S)O[C@H]4C[C@H](Oc5ccncn5)C[C@@H]4CO[P@](=S)(OCCC#N)O[C@@H]2[C@@H]3O[Si](O[Si](O)(C(C)C)C(C)C)(C(C)C)C(C)C)c(=O)[nH]1. The quantitative estimate of drug-likeness (QED) is 0.0479. The van der Waals surface area contributed by atoms with Crippen LogP contribution in [0.25, 0.3) is 11.2 Å². The monoisotopic (exact) mass is 1030 g/mol. The Morgan fingerprint density at radius 3 is 2.39 bits per heavy atom. The van der Waals surface area contributed by atoms with Crippen LogP contribution in [0.2, 0.25) is 22.2 Å². The van der Waals surface area contributed by atoms with E-state index in [0.717, 1.165) is 0 Å². The molecule has 21 nitrogen and oxygen atoms in total. The van der Waals surface area contributed by atoms with Crippen molar-refractivity contribution in [2.75, 3.05) is 25.1 Å². The highest BCUT2D eigenvalue weighted by Crippen LogP contribution is 2.60. The minimum Gasteiger partial charge on any atom is -0.474 e. The average Bonchev–Trinajstić information content (AvgIpc) is 3.93. The summed E-state index contributed by atoms with van der Waals surface area (Å²) in [5, 5.41) is 12.2. The van der Waals surface area contributed by atoms with Crippen molar-refractivity contribution >= 4 is 77.7 Å². The molecule has 2 aliphatic heterocycles. The molecule has 3 aromatic rings. The Balaban J connectivity index is 1.51. The summed E-state index contributed by atoms with van der Waals surface area (Å²) in [5.41, 5.74) is -1.76. The van der Waals surface area contributed by atoms with Gasteiger partial charge in [0, 0.05) is 30.5 Å². The second-order valence-electron chi connectivity index (χ2n) is 18.2. The number of H-pyrrole nitrogens is 1. The fourth-order valence-corrected chi connectivity index (χ4v) is 21.9. The van der Waals surface area contributed by atoms with Gasteiger partial charge in [-0.1, -0.05) is 81.5 Å². The number of aromatic nitrogens is 6. The topological polar surface area (TPSA) is 263 Å². The summed E-state index contributed by atoms with van der Waals surface area (Å²) >= 11 is 10.7. The lowest BCUT2D eigenvalue weighted by molar-refractivity contribution is -0.118. The molecule has 3 aromatic heterocycles. The number of aromatic amines is 1. The molecule has 2 bridgehead atoms. The lowest BCUT2D eigenvalue weighted by atomic mass is 10.1. The highest BCUT2D eigenvalue weighted by atomic mass is 32.7. The van der Waals surface area contributed by atoms with E-state index in [2.05, 4.69) is 48.6 Å². The maximum atomic E-state index is 14.4. The van der Waals surface area contributed by atoms with Gasteiger partial charge in [0.15, 0.2) is 17.4 Å². The number of hydrogen-bond acceptors (Lipinski definition) is 19. The number of nitriles is 1. The highest BCUT2D eigenvalue weighted by Gasteiger charge is 2.60. The minimum atomic E-state index is -4.22. The van der Waals surface area contributed by atoms with Crippen molar-refractivity contribution in [3.63, 3.8) is 0 Å². The number of rotatable bonds is 16. The molecule has 0 unspecified atom stereocenters. The van der Waals surface area contributed by atoms with E-state index in [1.807, 2.05) is 55.4 Å². The van der Waals surface area contributed by atoms with Crippen molar-refractivity contribution in [1.82, 2.24) is 29.5 Å². The maximum Gasteiger partial charge on any atom is 0.386 e. The lowest BCUT2D eigenvalue weighted by Gasteiger charge is -2.47. The van der Waals surface area contributed by atoms with Gasteiger partial charge in [0.1, 0.15) is 30.7 Å². The summed E-state index contributed by atoms with van der Waals surface area (Å²) in [5.74, 6) is -1.14. The van der Waals surface area contributed by atoms with Crippen LogP contribution in [0.5, 0.6) is 5.88 Å². The molecule has 66 heavy (non-hydrogen) atoms. The molecule has 3 N–H and O–H groups in total. The summed E-state index contributed by atoms with van der Waals surface area (Å²) in [6.07, 6.45) is -1.40. The molecule has 5 heterocycles. The molecule has 6 rings (SSSR count). The predicted octanol–water partition coefficient (Wildman–Crippen LogP) is 7.19. The number of fused-ring (bicyclic) bond motifs is 4. The number of amides is 1. The lowest BCUT2D eigenvalue weighted by Crippen LogP contribution is -2.62. The molecule has 27 heteroatoms. The number of carbonyl (C=O) groups excluding carboxylic acids is 1. The molecular formula is C39H62N8O13P2S2Si2. The first-order valence-corrected chi connectivity index (χ1v) is 31.3. The molecular weight excluding hydrogens is 971 g/mol. The Labute approximate surface area is 397 Å². The molecule has 0 spiro atoms. The minimum absolute atomic E-state index is 0.00179. The molecule has 3 aliphatic rings. The summed E-state index contributed by atoms with van der Waals surface area (Å²) in [6.45, 7) is 10.1. The molecule has 9 atom stereocenters. The van der Waals surface area contributed by atoms with Crippen molar-refractivity contribution < 1.29 is 54.8 Å². The van der Waals surface area contributed by atoms with E-state index < -0.39 is 97.3 Å². The van der Waals surface area contributed by atoms with Crippen LogP contribution < -0.4 is 15.6 Å². The third-order valence-corrected chi connectivity index (χ3v) is 25.7. The first kappa shape index (κ1) is 52.9. The molecule has 0 radical (unpaired) electrons. The molecule has 0 aromatic carbocycles. The molecule has 366 valence electrons. The van der Waals surface area contributed by atoms with Crippen molar-refractivity contribution in [2.45, 2.75) is 147 Å². The van der Waals surface area contributed by atoms with E-state index in [1.165, 1.54) is 17.2 Å². The summed E-state index contributed by atoms with van der Waals surface area (Å²) in [6, 6.07) is 3.68. The van der Waals surface area contributed by atoms with E-state index in [0.29, 0.717) is 12.3 Å². The largest absolute Gasteiger partial charge is 0.474 e. The Morgan fingerprint density at radius 2 is 1.77 bits per heavy atom. The van der Waals surface area contributed by atoms with Crippen molar-refractivity contribution in [3.8, 4) is 11.9 Å². The number of thiol groups is 1. The van der Waals surface area contributed by atoms with Crippen LogP contribution in [0.4, 0.5) is 5.95 Å². The molecule has 1 amide bonds. The van der Waals surface area contributed by atoms with E-state index in [1.54, 1.807) is 26.1 Å². The molecule has 1 aliphatic carbocycles. The summed E-state index contributed by atoms with van der Waals surface area (Å²) < 4.78 is 75.4. The highest BCUT2D eigenvalue weighted by molar-refractivity contribution is 8.44. The first-order valence-electron chi connectivity index (χ1n) is 22.1. The van der Waals surface area contributed by atoms with Crippen LogP contribution in [0.15, 0.2) is 29.7 Å². The second kappa shape index (κ2) is 21.6. The number of imidazole rings is 1. The number of nitrogens with one attached hydrogen (secondary N) is 2. The third-order valence-electron chi connectivity index (χ3n) is 11.9. The zero-order valence-electron chi connectivity index (χ0n) is 38.8. The van der Waals surface area contributed by atoms with E-state index in [4.69, 9.17) is 52.4 Å². The van der Waals surface area contributed by atoms with Crippen molar-refractivity contribution in [2.24, 2.45) is 11.8 Å². The third kappa shape index (κ3) is 11.9. The van der Waals surface area contributed by atoms with E-state index in [9.17, 15) is 24.2 Å². The number of hydrogen-bond donors (Lipinski definition) is 4. The van der Waals surface area contributed by atoms with Gasteiger partial charge in [0.05, 0.1) is 44.7 Å². The van der Waals surface area contributed by atoms with Gasteiger partial charge < -0.3 is 31.9 Å². The Morgan fingerprint density at radius 1 is 1.06 bits per heavy atom. The average molecular weight is 1030 g/mol. The van der Waals surface area contributed by atoms with Crippen molar-refractivity contribution in [3.05, 3.63) is 35.3 Å². The fourth-order valence-electron chi connectivity index (χ4n) is 8.29. The van der Waals surface area contributed by atoms with E-state index >= 15 is 0 Å². The number of ether oxygens (including phenoxy) is 2. The summed E-state index contributed by atoms with van der Waals surface area (Å²) in [4.78, 5) is 58.3. The number of nitrogens with zero attached hydrogens (tertiary/aromatic N) is 6. The smallest absolute Gasteiger partial charge is 0.386 e. The molecule has 3 fully saturated rings. The van der Waals surface area contributed by atoms with Gasteiger partial charge in [0.2, 0.25) is 17.7 Å². The van der Waals surface area contributed by atoms with Crippen LogP contribution in [0.3, 0.4) is 0 Å². The maximum absolute atomic E-state index is 14.4. The first-order chi connectivity index (χ1) is 31.0. The standard InChI is InChI=1S/C39H62N8O13P2S2Si2/c1-22(2)36(48)45-39-44-35-32(37(49)46-39)43-21-47(35)38-34-33(59-66(25(7)8,26(9)10)60-65(51,23(3)4)24(5)6)30(56-38)19-53-61(50,63)57-29-17-28(55-31-12-14-41-20-42-31)16-27(29)18-54-62(64,58-34)52-15-11-13-40/h12,14,20-30,33-34,38,51H,11,15-19H2,1-10H3,(H,50,63)(H2,44,45,46,48,49)/t27-,28-,29+,30-,33-,34-,38-,61-,62-/m1/s1. The van der Waals surface area contributed by atoms with E-state index in [-0.39, 0.29) is 65.3 Å². The molecule has 1 saturated carbocycles. The van der Waals surface area contributed by atoms with Crippen LogP contribution in [-0.2, 0) is 57.1 Å². The molecule has 2 saturated heterocycles. The Bertz CT molecular complexity index is 2340. The predicted molar refractivity (Wildman–Crippen MR) is 253 cm³/mol. The van der Waals surface area contributed by atoms with Gasteiger partial charge in [-0.05, 0) is 40.4 Å². The number of carbonyl (C=O) groups is 1. The Kier molecular flexibility index (Phi) is 17.3. The normalized spacial score (nSPS) is 28.9. The van der Waals surface area contributed by atoms with Gasteiger partial charge >= 0.3 is 30.6 Å². The van der Waals surface area contributed by atoms with Crippen LogP contribution in [-0.4, -0.2) is 108 Å². The van der Waals surface area contributed by atoms with Crippen molar-refractivity contribution in [1.29, 1.82) is 5.26 Å². The van der Waals surface area contributed by atoms with Gasteiger partial charge in [-0.15, -0.1) is 0 Å². The fraction of sp³-hybridized carbons (Fsp3) is 0.718. The second-order valence-corrected chi connectivity index (χ2v) is 32.7. The van der Waals surface area contributed by atoms with Gasteiger partial charge in [-0.2, -0.15) is 10.2 Å². The summed E-state index contributed by atoms with van der Waals surface area (Å²) in [7, 11) is -7.22. The van der Waals surface area contributed by atoms with Crippen LogP contribution >= 0.6 is 25.8 Å². The number of anilines is 1. The zero-order valence-corrected chi connectivity index (χ0v) is 44.3. The van der Waals surface area contributed by atoms with Gasteiger partial charge in [-0.3, -0.25) is 38.0 Å².